The molecule has 65 heavy (non-hydrogen) atoms. The highest BCUT2D eigenvalue weighted by atomic mass is 16.6. The van der Waals surface area contributed by atoms with E-state index in [0.29, 0.717) is 19.3 Å². The van der Waals surface area contributed by atoms with Crippen molar-refractivity contribution in [3.8, 4) is 0 Å². The Hall–Kier alpha value is -3.15. The van der Waals surface area contributed by atoms with Gasteiger partial charge in [-0.2, -0.15) is 0 Å². The van der Waals surface area contributed by atoms with Crippen molar-refractivity contribution in [2.45, 2.75) is 271 Å². The molecule has 0 saturated carbocycles. The fourth-order valence-electron chi connectivity index (χ4n) is 7.59. The molecule has 0 aliphatic heterocycles. The minimum atomic E-state index is -0.798. The Morgan fingerprint density at radius 1 is 0.323 bits per heavy atom. The molecule has 0 unspecified atom stereocenters. The van der Waals surface area contributed by atoms with Crippen LogP contribution in [0.3, 0.4) is 0 Å². The van der Waals surface area contributed by atoms with Crippen LogP contribution in [0, 0.1) is 0 Å². The number of esters is 3. The zero-order valence-corrected chi connectivity index (χ0v) is 42.7. The van der Waals surface area contributed by atoms with Gasteiger partial charge >= 0.3 is 17.9 Å². The third-order valence-corrected chi connectivity index (χ3v) is 11.7. The summed E-state index contributed by atoms with van der Waals surface area (Å²) in [6, 6.07) is 0. The maximum Gasteiger partial charge on any atom is 0.306 e. The van der Waals surface area contributed by atoms with Crippen LogP contribution < -0.4 is 0 Å². The Balaban J connectivity index is 4.46. The number of hydrogen-bond donors (Lipinski definition) is 0. The summed E-state index contributed by atoms with van der Waals surface area (Å²) in [7, 11) is 0. The first-order valence-corrected chi connectivity index (χ1v) is 27.4. The van der Waals surface area contributed by atoms with Crippen LogP contribution in [0.1, 0.15) is 265 Å². The van der Waals surface area contributed by atoms with Crippen molar-refractivity contribution in [3.63, 3.8) is 0 Å². The van der Waals surface area contributed by atoms with Crippen molar-refractivity contribution in [2.24, 2.45) is 0 Å². The van der Waals surface area contributed by atoms with E-state index < -0.39 is 6.10 Å². The summed E-state index contributed by atoms with van der Waals surface area (Å²) in [5, 5.41) is 0. The van der Waals surface area contributed by atoms with Gasteiger partial charge in [0.05, 0.1) is 0 Å². The summed E-state index contributed by atoms with van der Waals surface area (Å²) in [6.07, 6.45) is 67.5. The molecule has 374 valence electrons. The first kappa shape index (κ1) is 61.9. The Labute approximate surface area is 402 Å². The molecule has 0 aromatic heterocycles. The zero-order chi connectivity index (χ0) is 47.2. The smallest absolute Gasteiger partial charge is 0.306 e. The molecule has 0 saturated heterocycles. The third-order valence-electron chi connectivity index (χ3n) is 11.7. The van der Waals surface area contributed by atoms with Gasteiger partial charge in [0.1, 0.15) is 13.2 Å². The summed E-state index contributed by atoms with van der Waals surface area (Å²) >= 11 is 0. The second kappa shape index (κ2) is 53.5. The second-order valence-electron chi connectivity index (χ2n) is 18.1. The van der Waals surface area contributed by atoms with E-state index in [1.165, 1.54) is 141 Å². The summed E-state index contributed by atoms with van der Waals surface area (Å²) in [4.78, 5) is 38.0. The molecule has 0 aliphatic carbocycles. The number of ether oxygens (including phenoxy) is 3. The van der Waals surface area contributed by atoms with Gasteiger partial charge in [0.15, 0.2) is 6.10 Å². The van der Waals surface area contributed by atoms with Crippen molar-refractivity contribution in [3.05, 3.63) is 72.9 Å². The average Bonchev–Trinajstić information content (AvgIpc) is 3.30. The van der Waals surface area contributed by atoms with Gasteiger partial charge < -0.3 is 14.2 Å². The zero-order valence-electron chi connectivity index (χ0n) is 42.7. The number of rotatable bonds is 49. The van der Waals surface area contributed by atoms with Crippen LogP contribution >= 0.6 is 0 Å². The van der Waals surface area contributed by atoms with Gasteiger partial charge in [-0.1, -0.05) is 235 Å². The minimum absolute atomic E-state index is 0.0927. The molecule has 0 amide bonds. The summed E-state index contributed by atoms with van der Waals surface area (Å²) < 4.78 is 16.8. The largest absolute Gasteiger partial charge is 0.462 e. The fraction of sp³-hybridized carbons (Fsp3) is 0.746. The molecule has 0 fully saturated rings. The molecule has 0 heterocycles. The fourth-order valence-corrected chi connectivity index (χ4v) is 7.59. The van der Waals surface area contributed by atoms with Gasteiger partial charge in [-0.15, -0.1) is 0 Å². The lowest BCUT2D eigenvalue weighted by Gasteiger charge is -2.18. The van der Waals surface area contributed by atoms with Crippen LogP contribution in [0.5, 0.6) is 0 Å². The lowest BCUT2D eigenvalue weighted by Crippen LogP contribution is -2.30. The van der Waals surface area contributed by atoms with Gasteiger partial charge in [0.2, 0.25) is 0 Å². The molecule has 1 atom stereocenters. The van der Waals surface area contributed by atoms with Crippen LogP contribution in [0.15, 0.2) is 72.9 Å². The van der Waals surface area contributed by atoms with Crippen LogP contribution in [0.25, 0.3) is 0 Å². The van der Waals surface area contributed by atoms with E-state index in [2.05, 4.69) is 93.7 Å². The van der Waals surface area contributed by atoms with Gasteiger partial charge in [0.25, 0.3) is 0 Å². The minimum Gasteiger partial charge on any atom is -0.462 e. The van der Waals surface area contributed by atoms with Gasteiger partial charge in [-0.3, -0.25) is 14.4 Å². The van der Waals surface area contributed by atoms with E-state index >= 15 is 0 Å². The molecule has 0 spiro atoms. The van der Waals surface area contributed by atoms with Gasteiger partial charge in [-0.05, 0) is 83.5 Å². The van der Waals surface area contributed by atoms with E-state index in [0.717, 1.165) is 77.0 Å². The van der Waals surface area contributed by atoms with E-state index in [-0.39, 0.29) is 37.5 Å². The van der Waals surface area contributed by atoms with Gasteiger partial charge in [-0.25, -0.2) is 0 Å². The topological polar surface area (TPSA) is 78.9 Å². The van der Waals surface area contributed by atoms with E-state index in [4.69, 9.17) is 14.2 Å². The van der Waals surface area contributed by atoms with Crippen molar-refractivity contribution >= 4 is 17.9 Å². The molecule has 0 aliphatic rings. The molecule has 6 heteroatoms. The molecular weight excluding hydrogens is 805 g/mol. The molecule has 0 aromatic rings. The Morgan fingerprint density at radius 2 is 0.615 bits per heavy atom. The maximum absolute atomic E-state index is 12.8. The second-order valence-corrected chi connectivity index (χ2v) is 18.1. The molecule has 0 radical (unpaired) electrons. The molecule has 0 N–H and O–H groups in total. The number of hydrogen-bond acceptors (Lipinski definition) is 6. The van der Waals surface area contributed by atoms with E-state index in [1.807, 2.05) is 0 Å². The molecular formula is C59H102O6. The molecule has 6 nitrogen and oxygen atoms in total. The first-order valence-electron chi connectivity index (χ1n) is 27.4. The quantitative estimate of drug-likeness (QED) is 0.0262. The predicted molar refractivity (Wildman–Crippen MR) is 279 cm³/mol. The van der Waals surface area contributed by atoms with E-state index in [9.17, 15) is 14.4 Å². The average molecular weight is 907 g/mol. The van der Waals surface area contributed by atoms with Crippen LogP contribution in [0.2, 0.25) is 0 Å². The molecule has 0 rings (SSSR count). The molecule has 0 bridgehead atoms. The van der Waals surface area contributed by atoms with E-state index in [1.54, 1.807) is 0 Å². The lowest BCUT2D eigenvalue weighted by molar-refractivity contribution is -0.167. The number of carbonyl (C=O) groups is 3. The Morgan fingerprint density at radius 3 is 1.02 bits per heavy atom. The highest BCUT2D eigenvalue weighted by Crippen LogP contribution is 2.15. The predicted octanol–water partition coefficient (Wildman–Crippen LogP) is 18.2. The molecule has 0 aromatic carbocycles. The number of allylic oxidation sites excluding steroid dienone is 12. The standard InChI is InChI=1S/C59H102O6/c1-4-7-10-13-16-19-22-25-27-29-31-34-37-40-43-46-49-52-58(61)64-55-56(54-63-57(60)51-48-45-42-39-36-33-24-21-18-15-12-9-6-3)65-59(62)53-50-47-44-41-38-35-32-30-28-26-23-20-17-14-11-8-5-2/h7,10,16,19,25-28,31,34,40,43,56H,4-6,8-9,11-15,17-18,20-24,29-30,32-33,35-39,41-42,44-55H2,1-3H3/b10-7-,19-16-,27-25-,28-26-,34-31-,43-40-/t56-/m1/s1. The van der Waals surface area contributed by atoms with Crippen molar-refractivity contribution in [1.82, 2.24) is 0 Å². The summed E-state index contributed by atoms with van der Waals surface area (Å²) in [5.74, 6) is -0.952. The van der Waals surface area contributed by atoms with Crippen LogP contribution in [-0.4, -0.2) is 37.2 Å². The highest BCUT2D eigenvalue weighted by molar-refractivity contribution is 5.71. The van der Waals surface area contributed by atoms with Gasteiger partial charge in [0, 0.05) is 19.3 Å². The highest BCUT2D eigenvalue weighted by Gasteiger charge is 2.19. The Kier molecular flexibility index (Phi) is 50.9. The third kappa shape index (κ3) is 51.7. The normalized spacial score (nSPS) is 12.6. The first-order chi connectivity index (χ1) is 32.0. The number of carbonyl (C=O) groups excluding carboxylic acids is 3. The Bertz CT molecular complexity index is 1230. The maximum atomic E-state index is 12.8. The summed E-state index contributed by atoms with van der Waals surface area (Å²) in [6.45, 7) is 6.48. The SMILES string of the molecule is CC/C=C\C/C=C\C/C=C\C/C=C\C/C=C\CCCC(=O)OC[C@@H](COC(=O)CCCCCCCCCCCCCCC)OC(=O)CCCCCCCCC/C=C\CCCCCCCC. The number of unbranched alkanes of at least 4 members (excludes halogenated alkanes) is 26. The van der Waals surface area contributed by atoms with Crippen LogP contribution in [-0.2, 0) is 28.6 Å². The monoisotopic (exact) mass is 907 g/mol. The van der Waals surface area contributed by atoms with Crippen LogP contribution in [0.4, 0.5) is 0 Å². The lowest BCUT2D eigenvalue weighted by atomic mass is 10.0. The van der Waals surface area contributed by atoms with Crippen molar-refractivity contribution < 1.29 is 28.6 Å². The summed E-state index contributed by atoms with van der Waals surface area (Å²) in [5.41, 5.74) is 0. The van der Waals surface area contributed by atoms with Crippen molar-refractivity contribution in [1.29, 1.82) is 0 Å². The van der Waals surface area contributed by atoms with Crippen molar-refractivity contribution in [2.75, 3.05) is 13.2 Å².